The maximum Gasteiger partial charge on any atom is 0.241 e. The van der Waals surface area contributed by atoms with Gasteiger partial charge in [0.05, 0.1) is 12.0 Å². The lowest BCUT2D eigenvalue weighted by molar-refractivity contribution is -0.132. The molecule has 0 spiro atoms. The standard InChI is InChI=1S/C7H2O4/c8-2-4-1-6(10)7(11)5(4)3-9/h1H2. The maximum absolute atomic E-state index is 10.7. The van der Waals surface area contributed by atoms with Gasteiger partial charge in [-0.25, -0.2) is 9.59 Å². The van der Waals surface area contributed by atoms with E-state index >= 15 is 0 Å². The van der Waals surface area contributed by atoms with Crippen LogP contribution in [0.1, 0.15) is 6.42 Å². The van der Waals surface area contributed by atoms with Crippen molar-refractivity contribution in [2.24, 2.45) is 0 Å². The highest BCUT2D eigenvalue weighted by Crippen LogP contribution is 2.19. The highest BCUT2D eigenvalue weighted by atomic mass is 16.2. The van der Waals surface area contributed by atoms with E-state index in [0.29, 0.717) is 0 Å². The van der Waals surface area contributed by atoms with Crippen molar-refractivity contribution in [2.45, 2.75) is 6.42 Å². The number of rotatable bonds is 0. The fourth-order valence-electron chi connectivity index (χ4n) is 0.801. The molecule has 4 nitrogen and oxygen atoms in total. The molecule has 0 aromatic carbocycles. The third kappa shape index (κ3) is 0.964. The molecule has 0 atom stereocenters. The van der Waals surface area contributed by atoms with Crippen LogP contribution in [0.25, 0.3) is 0 Å². The highest BCUT2D eigenvalue weighted by molar-refractivity contribution is 6.50. The Hall–Kier alpha value is -1.76. The molecule has 0 aromatic heterocycles. The fourth-order valence-corrected chi connectivity index (χ4v) is 0.801. The number of carbonyl (C=O) groups excluding carboxylic acids is 4. The summed E-state index contributed by atoms with van der Waals surface area (Å²) in [5.41, 5.74) is -0.653. The smallest absolute Gasteiger partial charge is 0.241 e. The molecule has 0 bridgehead atoms. The van der Waals surface area contributed by atoms with Crippen LogP contribution in [0.3, 0.4) is 0 Å². The van der Waals surface area contributed by atoms with Crippen molar-refractivity contribution >= 4 is 23.4 Å². The second-order valence-electron chi connectivity index (χ2n) is 1.99. The molecule has 0 aromatic rings. The normalized spacial score (nSPS) is 16.7. The summed E-state index contributed by atoms with van der Waals surface area (Å²) in [5, 5.41) is 0. The summed E-state index contributed by atoms with van der Waals surface area (Å²) in [6.45, 7) is 0. The molecule has 0 aliphatic heterocycles. The first-order valence-corrected chi connectivity index (χ1v) is 2.77. The molecule has 1 aliphatic rings. The first-order valence-electron chi connectivity index (χ1n) is 2.77. The van der Waals surface area contributed by atoms with Crippen molar-refractivity contribution in [3.05, 3.63) is 11.1 Å². The molecule has 1 aliphatic carbocycles. The molecule has 0 unspecified atom stereocenters. The number of allylic oxidation sites excluding steroid dienone is 2. The molecular formula is C7H2O4. The number of Topliss-reactive ketones (excluding diaryl/α,β-unsaturated/α-hetero) is 2. The van der Waals surface area contributed by atoms with E-state index in [2.05, 4.69) is 0 Å². The van der Waals surface area contributed by atoms with E-state index in [9.17, 15) is 19.2 Å². The summed E-state index contributed by atoms with van der Waals surface area (Å²) in [7, 11) is 0. The van der Waals surface area contributed by atoms with Gasteiger partial charge >= 0.3 is 0 Å². The Morgan fingerprint density at radius 1 is 1.09 bits per heavy atom. The van der Waals surface area contributed by atoms with Crippen LogP contribution >= 0.6 is 0 Å². The van der Waals surface area contributed by atoms with Gasteiger partial charge in [-0.1, -0.05) is 0 Å². The van der Waals surface area contributed by atoms with E-state index in [4.69, 9.17) is 0 Å². The van der Waals surface area contributed by atoms with Crippen LogP contribution < -0.4 is 0 Å². The van der Waals surface area contributed by atoms with Crippen molar-refractivity contribution in [1.82, 2.24) is 0 Å². The topological polar surface area (TPSA) is 68.3 Å². The third-order valence-electron chi connectivity index (χ3n) is 1.34. The van der Waals surface area contributed by atoms with E-state index in [1.165, 1.54) is 11.9 Å². The van der Waals surface area contributed by atoms with Gasteiger partial charge in [-0.2, -0.15) is 0 Å². The number of hydrogen-bond donors (Lipinski definition) is 0. The zero-order chi connectivity index (χ0) is 8.43. The predicted molar refractivity (Wildman–Crippen MR) is 33.0 cm³/mol. The molecule has 54 valence electrons. The van der Waals surface area contributed by atoms with E-state index in [-0.39, 0.29) is 12.0 Å². The van der Waals surface area contributed by atoms with E-state index in [0.717, 1.165) is 0 Å². The van der Waals surface area contributed by atoms with Gasteiger partial charge < -0.3 is 0 Å². The van der Waals surface area contributed by atoms with Gasteiger partial charge in [-0.3, -0.25) is 9.59 Å². The number of ketones is 2. The first-order chi connectivity index (χ1) is 5.20. The van der Waals surface area contributed by atoms with Crippen molar-refractivity contribution in [1.29, 1.82) is 0 Å². The number of hydrogen-bond acceptors (Lipinski definition) is 4. The Morgan fingerprint density at radius 2 is 1.73 bits per heavy atom. The Balaban J connectivity index is 3.32. The molecule has 1 rings (SSSR count). The summed E-state index contributed by atoms with van der Waals surface area (Å²) >= 11 is 0. The molecule has 0 heterocycles. The molecule has 1 fully saturated rings. The van der Waals surface area contributed by atoms with Gasteiger partial charge in [-0.15, -0.1) is 0 Å². The minimum absolute atomic E-state index is 0.185. The van der Waals surface area contributed by atoms with Crippen LogP contribution in [0, 0.1) is 0 Å². The Bertz CT molecular complexity index is 337. The maximum atomic E-state index is 10.7. The van der Waals surface area contributed by atoms with Crippen molar-refractivity contribution in [2.75, 3.05) is 0 Å². The van der Waals surface area contributed by atoms with Crippen LogP contribution in [0.5, 0.6) is 0 Å². The lowest BCUT2D eigenvalue weighted by atomic mass is 10.2. The van der Waals surface area contributed by atoms with Gasteiger partial charge in [-0.05, 0) is 0 Å². The second kappa shape index (κ2) is 2.46. The summed E-state index contributed by atoms with van der Waals surface area (Å²) in [6.07, 6.45) is -0.313. The third-order valence-corrected chi connectivity index (χ3v) is 1.34. The average molecular weight is 150 g/mol. The summed E-state index contributed by atoms with van der Waals surface area (Å²) in [4.78, 5) is 41.2. The van der Waals surface area contributed by atoms with Gasteiger partial charge in [0.25, 0.3) is 0 Å². The van der Waals surface area contributed by atoms with Crippen LogP contribution in [0.4, 0.5) is 0 Å². The van der Waals surface area contributed by atoms with Crippen LogP contribution in [0.2, 0.25) is 0 Å². The lowest BCUT2D eigenvalue weighted by Gasteiger charge is -1.79. The van der Waals surface area contributed by atoms with Crippen molar-refractivity contribution in [3.63, 3.8) is 0 Å². The van der Waals surface area contributed by atoms with Crippen LogP contribution in [-0.2, 0) is 19.2 Å². The monoisotopic (exact) mass is 150 g/mol. The number of carbonyl (C=O) groups is 2. The minimum Gasteiger partial charge on any atom is -0.290 e. The SMILES string of the molecule is O=C=C1CC(=O)C(=O)C1=C=O. The predicted octanol–water partition coefficient (Wildman–Crippen LogP) is -0.956. The van der Waals surface area contributed by atoms with Crippen LogP contribution in [0.15, 0.2) is 11.1 Å². The van der Waals surface area contributed by atoms with E-state index in [1.807, 2.05) is 0 Å². The largest absolute Gasteiger partial charge is 0.290 e. The Morgan fingerprint density at radius 3 is 2.09 bits per heavy atom. The average Bonchev–Trinajstić information content (AvgIpc) is 2.28. The molecule has 0 saturated heterocycles. The lowest BCUT2D eigenvalue weighted by Crippen LogP contribution is -2.05. The summed E-state index contributed by atoms with van der Waals surface area (Å²) < 4.78 is 0. The zero-order valence-electron chi connectivity index (χ0n) is 5.34. The molecule has 1 saturated carbocycles. The van der Waals surface area contributed by atoms with Gasteiger partial charge in [0.1, 0.15) is 17.5 Å². The van der Waals surface area contributed by atoms with Gasteiger partial charge in [0, 0.05) is 0 Å². The van der Waals surface area contributed by atoms with E-state index in [1.54, 1.807) is 0 Å². The molecule has 0 N–H and O–H groups in total. The second-order valence-corrected chi connectivity index (χ2v) is 1.99. The van der Waals surface area contributed by atoms with Gasteiger partial charge in [0.2, 0.25) is 11.6 Å². The Kier molecular flexibility index (Phi) is 1.65. The summed E-state index contributed by atoms with van der Waals surface area (Å²) in [6, 6.07) is 0. The Labute approximate surface area is 61.2 Å². The molecule has 0 amide bonds. The highest BCUT2D eigenvalue weighted by Gasteiger charge is 2.33. The first kappa shape index (κ1) is 7.35. The van der Waals surface area contributed by atoms with E-state index < -0.39 is 17.1 Å². The zero-order valence-corrected chi connectivity index (χ0v) is 5.34. The quantitative estimate of drug-likeness (QED) is 0.253. The van der Waals surface area contributed by atoms with Gasteiger partial charge in [0.15, 0.2) is 0 Å². The van der Waals surface area contributed by atoms with Crippen molar-refractivity contribution < 1.29 is 19.2 Å². The molecule has 0 radical (unpaired) electrons. The van der Waals surface area contributed by atoms with Crippen LogP contribution in [-0.4, -0.2) is 23.4 Å². The van der Waals surface area contributed by atoms with Crippen molar-refractivity contribution in [3.8, 4) is 0 Å². The molecule has 11 heavy (non-hydrogen) atoms. The summed E-state index contributed by atoms with van der Waals surface area (Å²) in [5.74, 6) is 0.913. The fraction of sp³-hybridized carbons (Fsp3) is 0.143. The molecule has 4 heteroatoms. The minimum atomic E-state index is -0.932. The molecular weight excluding hydrogens is 148 g/mol.